The van der Waals surface area contributed by atoms with Gasteiger partial charge in [-0.2, -0.15) is 0 Å². The number of nitrogens with zero attached hydrogens (tertiary/aromatic N) is 2. The summed E-state index contributed by atoms with van der Waals surface area (Å²) in [6, 6.07) is 9.36. The highest BCUT2D eigenvalue weighted by Gasteiger charge is 2.21. The zero-order chi connectivity index (χ0) is 21.0. The highest BCUT2D eigenvalue weighted by Crippen LogP contribution is 2.40. The first-order valence-corrected chi connectivity index (χ1v) is 10.2. The lowest BCUT2D eigenvalue weighted by Crippen LogP contribution is -2.50. The quantitative estimate of drug-likeness (QED) is 0.663. The monoisotopic (exact) mass is 455 g/mol. The van der Waals surface area contributed by atoms with Crippen LogP contribution in [-0.4, -0.2) is 57.5 Å². The molecule has 1 heterocycles. The molecule has 156 valence electrons. The van der Waals surface area contributed by atoms with Crippen LogP contribution in [0.1, 0.15) is 0 Å². The van der Waals surface area contributed by atoms with Gasteiger partial charge in [-0.05, 0) is 30.4 Å². The summed E-state index contributed by atoms with van der Waals surface area (Å²) < 4.78 is 16.2. The van der Waals surface area contributed by atoms with Crippen molar-refractivity contribution in [3.63, 3.8) is 0 Å². The lowest BCUT2D eigenvalue weighted by Gasteiger charge is -2.37. The zero-order valence-electron chi connectivity index (χ0n) is 16.5. The molecule has 0 saturated carbocycles. The van der Waals surface area contributed by atoms with E-state index in [-0.39, 0.29) is 0 Å². The molecule has 0 radical (unpaired) electrons. The molecular formula is C20H23Cl2N3O3S. The van der Waals surface area contributed by atoms with Gasteiger partial charge < -0.3 is 29.3 Å². The van der Waals surface area contributed by atoms with Crippen LogP contribution in [0.3, 0.4) is 0 Å². The summed E-state index contributed by atoms with van der Waals surface area (Å²) in [6.07, 6.45) is 0. The first-order chi connectivity index (χ1) is 14.0. The van der Waals surface area contributed by atoms with Gasteiger partial charge >= 0.3 is 0 Å². The summed E-state index contributed by atoms with van der Waals surface area (Å²) in [5.74, 6) is 1.69. The van der Waals surface area contributed by atoms with Crippen molar-refractivity contribution in [1.82, 2.24) is 4.90 Å². The molecule has 0 bridgehead atoms. The van der Waals surface area contributed by atoms with Crippen molar-refractivity contribution in [3.05, 3.63) is 40.4 Å². The van der Waals surface area contributed by atoms with E-state index in [0.717, 1.165) is 37.6 Å². The van der Waals surface area contributed by atoms with Crippen LogP contribution in [0, 0.1) is 0 Å². The van der Waals surface area contributed by atoms with E-state index < -0.39 is 0 Å². The summed E-state index contributed by atoms with van der Waals surface area (Å²) >= 11 is 17.8. The first-order valence-electron chi connectivity index (χ1n) is 9.02. The predicted molar refractivity (Wildman–Crippen MR) is 123 cm³/mol. The van der Waals surface area contributed by atoms with Gasteiger partial charge in [-0.1, -0.05) is 23.2 Å². The summed E-state index contributed by atoms with van der Waals surface area (Å²) in [6.45, 7) is 3.23. The van der Waals surface area contributed by atoms with Crippen LogP contribution in [0.25, 0.3) is 0 Å². The molecule has 0 atom stereocenters. The van der Waals surface area contributed by atoms with Gasteiger partial charge in [0.25, 0.3) is 0 Å². The Morgan fingerprint density at radius 3 is 2.03 bits per heavy atom. The highest BCUT2D eigenvalue weighted by molar-refractivity contribution is 7.80. The Morgan fingerprint density at radius 1 is 0.897 bits per heavy atom. The summed E-state index contributed by atoms with van der Waals surface area (Å²) in [7, 11) is 4.74. The Kier molecular flexibility index (Phi) is 7.16. The van der Waals surface area contributed by atoms with Gasteiger partial charge in [0.15, 0.2) is 16.6 Å². The molecule has 1 N–H and O–H groups in total. The maximum Gasteiger partial charge on any atom is 0.203 e. The fourth-order valence-corrected chi connectivity index (χ4v) is 3.80. The number of nitrogens with one attached hydrogen (secondary N) is 1. The first kappa shape index (κ1) is 21.6. The number of hydrogen-bond donors (Lipinski definition) is 1. The van der Waals surface area contributed by atoms with Crippen LogP contribution >= 0.6 is 35.4 Å². The van der Waals surface area contributed by atoms with E-state index >= 15 is 0 Å². The molecule has 0 spiro atoms. The Bertz CT molecular complexity index is 864. The molecule has 0 aliphatic carbocycles. The molecule has 2 aromatic carbocycles. The van der Waals surface area contributed by atoms with E-state index in [0.29, 0.717) is 32.4 Å². The van der Waals surface area contributed by atoms with Crippen LogP contribution < -0.4 is 24.4 Å². The fourth-order valence-electron chi connectivity index (χ4n) is 3.21. The minimum absolute atomic E-state index is 0.543. The molecule has 3 rings (SSSR count). The summed E-state index contributed by atoms with van der Waals surface area (Å²) in [5.41, 5.74) is 1.83. The Morgan fingerprint density at radius 2 is 1.52 bits per heavy atom. The van der Waals surface area contributed by atoms with Crippen molar-refractivity contribution in [3.8, 4) is 17.2 Å². The minimum atomic E-state index is 0.543. The second-order valence-electron chi connectivity index (χ2n) is 6.42. The zero-order valence-corrected chi connectivity index (χ0v) is 18.8. The minimum Gasteiger partial charge on any atom is -0.493 e. The second-order valence-corrected chi connectivity index (χ2v) is 7.62. The largest absolute Gasteiger partial charge is 0.493 e. The number of anilines is 2. The summed E-state index contributed by atoms with van der Waals surface area (Å²) in [4.78, 5) is 4.40. The molecule has 1 saturated heterocycles. The van der Waals surface area contributed by atoms with E-state index in [2.05, 4.69) is 15.1 Å². The molecule has 6 nitrogen and oxygen atoms in total. The number of piperazine rings is 1. The Balaban J connectivity index is 1.64. The van der Waals surface area contributed by atoms with E-state index in [1.807, 2.05) is 30.3 Å². The van der Waals surface area contributed by atoms with Crippen LogP contribution in [-0.2, 0) is 0 Å². The van der Waals surface area contributed by atoms with Gasteiger partial charge in [0.1, 0.15) is 0 Å². The third kappa shape index (κ3) is 4.91. The van der Waals surface area contributed by atoms with Crippen LogP contribution in [0.15, 0.2) is 30.3 Å². The maximum absolute atomic E-state index is 6.14. The average Bonchev–Trinajstić information content (AvgIpc) is 2.75. The third-order valence-electron chi connectivity index (χ3n) is 4.75. The van der Waals surface area contributed by atoms with E-state index in [1.165, 1.54) is 0 Å². The third-order valence-corrected chi connectivity index (χ3v) is 5.85. The normalized spacial score (nSPS) is 13.8. The molecule has 2 aromatic rings. The fraction of sp³-hybridized carbons (Fsp3) is 0.350. The lowest BCUT2D eigenvalue weighted by molar-refractivity contribution is 0.324. The van der Waals surface area contributed by atoms with Crippen LogP contribution in [0.2, 0.25) is 10.0 Å². The number of thiocarbonyl (C=S) groups is 1. The van der Waals surface area contributed by atoms with Crippen molar-refractivity contribution in [2.45, 2.75) is 0 Å². The Hall–Kier alpha value is -2.09. The van der Waals surface area contributed by atoms with Crippen molar-refractivity contribution in [2.75, 3.05) is 57.7 Å². The molecule has 1 aliphatic heterocycles. The summed E-state index contributed by atoms with van der Waals surface area (Å²) in [5, 5.41) is 5.04. The molecule has 1 fully saturated rings. The Labute approximate surface area is 186 Å². The van der Waals surface area contributed by atoms with Gasteiger partial charge in [0.2, 0.25) is 5.75 Å². The number of hydrogen-bond acceptors (Lipinski definition) is 5. The predicted octanol–water partition coefficient (Wildman–Crippen LogP) is 4.54. The van der Waals surface area contributed by atoms with E-state index in [4.69, 9.17) is 49.6 Å². The van der Waals surface area contributed by atoms with Gasteiger partial charge in [-0.15, -0.1) is 0 Å². The number of benzene rings is 2. The van der Waals surface area contributed by atoms with Crippen molar-refractivity contribution < 1.29 is 14.2 Å². The van der Waals surface area contributed by atoms with Crippen LogP contribution in [0.4, 0.5) is 11.4 Å². The van der Waals surface area contributed by atoms with E-state index in [1.54, 1.807) is 21.3 Å². The second kappa shape index (κ2) is 9.61. The van der Waals surface area contributed by atoms with Crippen LogP contribution in [0.5, 0.6) is 17.2 Å². The number of halogens is 2. The number of rotatable bonds is 5. The molecule has 29 heavy (non-hydrogen) atoms. The van der Waals surface area contributed by atoms with Gasteiger partial charge in [0.05, 0.1) is 31.4 Å². The molecule has 1 aliphatic rings. The van der Waals surface area contributed by atoms with Crippen molar-refractivity contribution >= 4 is 51.9 Å². The molecule has 0 aromatic heterocycles. The standard InChI is InChI=1S/C20H23Cl2N3O3S/c1-26-17-10-13(11-18(27-2)19(17)28-3)23-20(29)25-8-6-24(7-9-25)14-4-5-15(21)16(22)12-14/h4-5,10-12H,6-9H2,1-3H3,(H,23,29). The average molecular weight is 456 g/mol. The number of methoxy groups -OCH3 is 3. The van der Waals surface area contributed by atoms with Crippen molar-refractivity contribution in [2.24, 2.45) is 0 Å². The SMILES string of the molecule is COc1cc(NC(=S)N2CCN(c3ccc(Cl)c(Cl)c3)CC2)cc(OC)c1OC. The smallest absolute Gasteiger partial charge is 0.203 e. The highest BCUT2D eigenvalue weighted by atomic mass is 35.5. The molecular weight excluding hydrogens is 433 g/mol. The molecule has 0 amide bonds. The van der Waals surface area contributed by atoms with Crippen molar-refractivity contribution in [1.29, 1.82) is 0 Å². The molecule has 0 unspecified atom stereocenters. The lowest BCUT2D eigenvalue weighted by atomic mass is 10.2. The van der Waals surface area contributed by atoms with Gasteiger partial charge in [-0.25, -0.2) is 0 Å². The molecule has 9 heteroatoms. The topological polar surface area (TPSA) is 46.2 Å². The van der Waals surface area contributed by atoms with E-state index in [9.17, 15) is 0 Å². The number of ether oxygens (including phenoxy) is 3. The maximum atomic E-state index is 6.14. The van der Waals surface area contributed by atoms with Gasteiger partial charge in [-0.3, -0.25) is 0 Å². The van der Waals surface area contributed by atoms with Gasteiger partial charge in [0, 0.05) is 49.7 Å².